The monoisotopic (exact) mass is 219 g/mol. The number of nitrogens with one attached hydrogen (secondary N) is 1. The smallest absolute Gasteiger partial charge is 0.0398 e. The molecule has 0 bridgehead atoms. The second-order valence-corrected chi connectivity index (χ2v) is 4.15. The van der Waals surface area contributed by atoms with E-state index in [0.717, 1.165) is 18.8 Å². The number of likely N-dealkylation sites (N-methyl/N-ethyl adjacent to an activating group) is 1. The van der Waals surface area contributed by atoms with Crippen molar-refractivity contribution in [1.82, 2.24) is 10.2 Å². The van der Waals surface area contributed by atoms with E-state index in [4.69, 9.17) is 5.73 Å². The lowest BCUT2D eigenvalue weighted by Gasteiger charge is -2.15. The van der Waals surface area contributed by atoms with Crippen LogP contribution in [-0.2, 0) is 6.54 Å². The number of benzene rings is 1. The first kappa shape index (κ1) is 12.6. The summed E-state index contributed by atoms with van der Waals surface area (Å²) in [7, 11) is 4.13. The molecule has 88 valence electrons. The lowest BCUT2D eigenvalue weighted by atomic mass is 10.2. The van der Waals surface area contributed by atoms with Gasteiger partial charge in [-0.1, -0.05) is 18.2 Å². The third-order valence-corrected chi connectivity index (χ3v) is 2.33. The van der Waals surface area contributed by atoms with Crippen molar-refractivity contribution in [2.24, 2.45) is 0 Å². The van der Waals surface area contributed by atoms with Crippen molar-refractivity contribution in [2.75, 3.05) is 26.4 Å². The number of hydrogen-bond donors (Lipinski definition) is 2. The van der Waals surface area contributed by atoms with Gasteiger partial charge in [0, 0.05) is 24.5 Å². The Labute approximate surface area is 97.9 Å². The summed E-state index contributed by atoms with van der Waals surface area (Å²) >= 11 is 0. The van der Waals surface area contributed by atoms with E-state index in [1.807, 2.05) is 24.3 Å². The number of nitrogens with zero attached hydrogens (tertiary/aromatic N) is 1. The first-order valence-electron chi connectivity index (χ1n) is 5.50. The highest BCUT2D eigenvalue weighted by molar-refractivity contribution is 5.39. The summed E-state index contributed by atoms with van der Waals surface area (Å²) in [6.07, 6.45) is 2.11. The molecule has 1 aromatic rings. The molecule has 3 N–H and O–H groups in total. The zero-order chi connectivity index (χ0) is 12.0. The maximum atomic E-state index is 5.64. The average molecular weight is 219 g/mol. The van der Waals surface area contributed by atoms with Crippen molar-refractivity contribution in [2.45, 2.75) is 13.5 Å². The third kappa shape index (κ3) is 4.36. The summed E-state index contributed by atoms with van der Waals surface area (Å²) in [5.41, 5.74) is 8.93. The Morgan fingerprint density at radius 2 is 1.94 bits per heavy atom. The van der Waals surface area contributed by atoms with Crippen molar-refractivity contribution >= 4 is 5.69 Å². The highest BCUT2D eigenvalue weighted by Gasteiger charge is 1.98. The van der Waals surface area contributed by atoms with Crippen molar-refractivity contribution in [3.05, 3.63) is 41.6 Å². The van der Waals surface area contributed by atoms with Crippen LogP contribution in [-0.4, -0.2) is 25.5 Å². The molecule has 0 spiro atoms. The van der Waals surface area contributed by atoms with E-state index in [-0.39, 0.29) is 0 Å². The molecule has 0 aliphatic heterocycles. The van der Waals surface area contributed by atoms with Crippen molar-refractivity contribution in [3.63, 3.8) is 0 Å². The van der Waals surface area contributed by atoms with Gasteiger partial charge in [-0.3, -0.25) is 0 Å². The standard InChI is InChI=1S/C13H21N3/c1-4-13(10-16(2)3)15-9-11-5-7-12(14)8-6-11/h4-8,15H,9-10,14H2,1-3H3/b13-4+. The first-order chi connectivity index (χ1) is 7.61. The van der Waals surface area contributed by atoms with Gasteiger partial charge in [0.15, 0.2) is 0 Å². The van der Waals surface area contributed by atoms with Gasteiger partial charge in [-0.05, 0) is 38.7 Å². The van der Waals surface area contributed by atoms with E-state index in [1.54, 1.807) is 0 Å². The molecule has 0 heterocycles. The Hall–Kier alpha value is -1.48. The van der Waals surface area contributed by atoms with Gasteiger partial charge in [-0.25, -0.2) is 0 Å². The number of anilines is 1. The molecule has 0 amide bonds. The predicted octanol–water partition coefficient (Wildman–Crippen LogP) is 1.82. The Balaban J connectivity index is 2.47. The Kier molecular flexibility index (Phi) is 4.86. The molecule has 0 fully saturated rings. The van der Waals surface area contributed by atoms with Gasteiger partial charge in [0.2, 0.25) is 0 Å². The number of nitrogen functional groups attached to an aromatic ring is 1. The van der Waals surface area contributed by atoms with E-state index in [1.165, 1.54) is 11.3 Å². The van der Waals surface area contributed by atoms with Gasteiger partial charge < -0.3 is 16.0 Å². The summed E-state index contributed by atoms with van der Waals surface area (Å²) in [6.45, 7) is 3.83. The summed E-state index contributed by atoms with van der Waals surface area (Å²) in [5, 5.41) is 3.42. The van der Waals surface area contributed by atoms with Crippen LogP contribution < -0.4 is 11.1 Å². The van der Waals surface area contributed by atoms with E-state index in [2.05, 4.69) is 37.3 Å². The Bertz CT molecular complexity index is 339. The zero-order valence-corrected chi connectivity index (χ0v) is 10.3. The van der Waals surface area contributed by atoms with Crippen molar-refractivity contribution in [3.8, 4) is 0 Å². The van der Waals surface area contributed by atoms with Crippen LogP contribution >= 0.6 is 0 Å². The predicted molar refractivity (Wildman–Crippen MR) is 70.0 cm³/mol. The zero-order valence-electron chi connectivity index (χ0n) is 10.3. The Morgan fingerprint density at radius 3 is 2.44 bits per heavy atom. The fourth-order valence-electron chi connectivity index (χ4n) is 1.44. The second kappa shape index (κ2) is 6.18. The van der Waals surface area contributed by atoms with Crippen LogP contribution in [0.25, 0.3) is 0 Å². The molecule has 0 saturated carbocycles. The largest absolute Gasteiger partial charge is 0.399 e. The molecule has 0 aromatic heterocycles. The molecular weight excluding hydrogens is 198 g/mol. The summed E-state index contributed by atoms with van der Waals surface area (Å²) < 4.78 is 0. The highest BCUT2D eigenvalue weighted by atomic mass is 15.1. The molecule has 16 heavy (non-hydrogen) atoms. The molecule has 0 radical (unpaired) electrons. The number of allylic oxidation sites excluding steroid dienone is 1. The van der Waals surface area contributed by atoms with Crippen molar-refractivity contribution < 1.29 is 0 Å². The molecule has 0 atom stereocenters. The van der Waals surface area contributed by atoms with Gasteiger partial charge in [0.1, 0.15) is 0 Å². The SMILES string of the molecule is C/C=C(\CN(C)C)NCc1ccc(N)cc1. The highest BCUT2D eigenvalue weighted by Crippen LogP contribution is 2.05. The van der Waals surface area contributed by atoms with Crippen LogP contribution in [0.5, 0.6) is 0 Å². The van der Waals surface area contributed by atoms with Gasteiger partial charge >= 0.3 is 0 Å². The molecule has 0 aliphatic carbocycles. The first-order valence-corrected chi connectivity index (χ1v) is 5.50. The topological polar surface area (TPSA) is 41.3 Å². The average Bonchev–Trinajstić information content (AvgIpc) is 2.26. The van der Waals surface area contributed by atoms with Crippen LogP contribution in [0, 0.1) is 0 Å². The molecule has 1 aromatic carbocycles. The maximum absolute atomic E-state index is 5.64. The summed E-state index contributed by atoms with van der Waals surface area (Å²) in [5.74, 6) is 0. The summed E-state index contributed by atoms with van der Waals surface area (Å²) in [4.78, 5) is 2.14. The molecule has 0 saturated heterocycles. The number of hydrogen-bond acceptors (Lipinski definition) is 3. The quantitative estimate of drug-likeness (QED) is 0.742. The van der Waals surface area contributed by atoms with Gasteiger partial charge in [-0.15, -0.1) is 0 Å². The van der Waals surface area contributed by atoms with Gasteiger partial charge in [-0.2, -0.15) is 0 Å². The number of nitrogens with two attached hydrogens (primary N) is 1. The van der Waals surface area contributed by atoms with Crippen LogP contribution in [0.4, 0.5) is 5.69 Å². The summed E-state index contributed by atoms with van der Waals surface area (Å²) in [6, 6.07) is 7.95. The molecule has 3 heteroatoms. The van der Waals surface area contributed by atoms with E-state index >= 15 is 0 Å². The fraction of sp³-hybridized carbons (Fsp3) is 0.385. The minimum atomic E-state index is 0.809. The fourth-order valence-corrected chi connectivity index (χ4v) is 1.44. The minimum absolute atomic E-state index is 0.809. The van der Waals surface area contributed by atoms with E-state index in [9.17, 15) is 0 Å². The molecule has 3 nitrogen and oxygen atoms in total. The van der Waals surface area contributed by atoms with Gasteiger partial charge in [0.05, 0.1) is 0 Å². The molecular formula is C13H21N3. The maximum Gasteiger partial charge on any atom is 0.0398 e. The second-order valence-electron chi connectivity index (χ2n) is 4.15. The van der Waals surface area contributed by atoms with Crippen LogP contribution in [0.2, 0.25) is 0 Å². The number of rotatable bonds is 5. The van der Waals surface area contributed by atoms with Crippen LogP contribution in [0.1, 0.15) is 12.5 Å². The van der Waals surface area contributed by atoms with Crippen molar-refractivity contribution in [1.29, 1.82) is 0 Å². The van der Waals surface area contributed by atoms with Crippen LogP contribution in [0.3, 0.4) is 0 Å². The molecule has 0 aliphatic rings. The normalized spacial score (nSPS) is 11.9. The van der Waals surface area contributed by atoms with Crippen LogP contribution in [0.15, 0.2) is 36.0 Å². The van der Waals surface area contributed by atoms with E-state index in [0.29, 0.717) is 0 Å². The lowest BCUT2D eigenvalue weighted by molar-refractivity contribution is 0.431. The Morgan fingerprint density at radius 1 is 1.31 bits per heavy atom. The minimum Gasteiger partial charge on any atom is -0.399 e. The van der Waals surface area contributed by atoms with Gasteiger partial charge in [0.25, 0.3) is 0 Å². The lowest BCUT2D eigenvalue weighted by Crippen LogP contribution is -2.24. The molecule has 1 rings (SSSR count). The van der Waals surface area contributed by atoms with E-state index < -0.39 is 0 Å². The molecule has 0 unspecified atom stereocenters. The third-order valence-electron chi connectivity index (χ3n) is 2.33.